The Kier molecular flexibility index (Phi) is 2.04. The van der Waals surface area contributed by atoms with Crippen LogP contribution in [0, 0.1) is 5.82 Å². The molecular formula is C12H15FN2. The number of rotatable bonds is 1. The third kappa shape index (κ3) is 1.46. The summed E-state index contributed by atoms with van der Waals surface area (Å²) < 4.78 is 13.2. The molecule has 0 saturated heterocycles. The predicted octanol–water partition coefficient (Wildman–Crippen LogP) is 2.61. The van der Waals surface area contributed by atoms with E-state index in [2.05, 4.69) is 10.2 Å². The third-order valence-corrected chi connectivity index (χ3v) is 3.45. The first-order chi connectivity index (χ1) is 7.34. The molecule has 1 saturated carbocycles. The van der Waals surface area contributed by atoms with Crippen LogP contribution in [0.4, 0.5) is 15.8 Å². The molecule has 0 aromatic heterocycles. The Balaban J connectivity index is 1.96. The first-order valence-electron chi connectivity index (χ1n) is 5.65. The lowest BCUT2D eigenvalue weighted by Crippen LogP contribution is -2.45. The monoisotopic (exact) mass is 206 g/mol. The lowest BCUT2D eigenvalue weighted by molar-refractivity contribution is 0.387. The summed E-state index contributed by atoms with van der Waals surface area (Å²) in [6.45, 7) is 1.97. The largest absolute Gasteiger partial charge is 0.382 e. The van der Waals surface area contributed by atoms with Gasteiger partial charge >= 0.3 is 0 Å². The van der Waals surface area contributed by atoms with Crippen molar-refractivity contribution in [3.8, 4) is 0 Å². The van der Waals surface area contributed by atoms with E-state index >= 15 is 0 Å². The van der Waals surface area contributed by atoms with Gasteiger partial charge in [-0.3, -0.25) is 0 Å². The maximum absolute atomic E-state index is 13.2. The maximum Gasteiger partial charge on any atom is 0.125 e. The van der Waals surface area contributed by atoms with Crippen LogP contribution >= 0.6 is 0 Å². The van der Waals surface area contributed by atoms with Gasteiger partial charge in [0.1, 0.15) is 5.82 Å². The Labute approximate surface area is 89.1 Å². The Morgan fingerprint density at radius 2 is 2.20 bits per heavy atom. The average Bonchev–Trinajstić information content (AvgIpc) is 2.16. The van der Waals surface area contributed by atoms with E-state index in [1.54, 1.807) is 6.07 Å². The number of hydrogen-bond acceptors (Lipinski definition) is 2. The van der Waals surface area contributed by atoms with Gasteiger partial charge in [-0.25, -0.2) is 4.39 Å². The molecule has 1 aromatic rings. The van der Waals surface area contributed by atoms with Crippen molar-refractivity contribution < 1.29 is 4.39 Å². The minimum absolute atomic E-state index is 0.137. The fourth-order valence-electron chi connectivity index (χ4n) is 2.40. The highest BCUT2D eigenvalue weighted by molar-refractivity contribution is 5.72. The number of hydrogen-bond donors (Lipinski definition) is 1. The number of nitrogens with one attached hydrogen (secondary N) is 1. The van der Waals surface area contributed by atoms with Crippen LogP contribution in [0.3, 0.4) is 0 Å². The quantitative estimate of drug-likeness (QED) is 0.759. The summed E-state index contributed by atoms with van der Waals surface area (Å²) in [7, 11) is 0. The van der Waals surface area contributed by atoms with Gasteiger partial charge in [-0.2, -0.15) is 0 Å². The molecule has 2 nitrogen and oxygen atoms in total. The second-order valence-electron chi connectivity index (χ2n) is 4.37. The molecule has 0 radical (unpaired) electrons. The molecule has 0 atom stereocenters. The van der Waals surface area contributed by atoms with Gasteiger partial charge < -0.3 is 10.2 Å². The van der Waals surface area contributed by atoms with E-state index in [1.165, 1.54) is 25.3 Å². The summed E-state index contributed by atoms with van der Waals surface area (Å²) >= 11 is 0. The SMILES string of the molecule is Fc1ccc2c(c1)N(C1CCC1)CCN2. The maximum atomic E-state index is 13.2. The van der Waals surface area contributed by atoms with Gasteiger partial charge in [0, 0.05) is 19.1 Å². The highest BCUT2D eigenvalue weighted by Crippen LogP contribution is 2.36. The number of halogens is 1. The molecule has 1 aliphatic carbocycles. The summed E-state index contributed by atoms with van der Waals surface area (Å²) in [6.07, 6.45) is 3.84. The summed E-state index contributed by atoms with van der Waals surface area (Å²) in [5.74, 6) is -0.137. The van der Waals surface area contributed by atoms with Gasteiger partial charge in [-0.1, -0.05) is 0 Å². The van der Waals surface area contributed by atoms with Crippen molar-refractivity contribution in [2.45, 2.75) is 25.3 Å². The molecule has 1 fully saturated rings. The summed E-state index contributed by atoms with van der Waals surface area (Å²) in [5, 5.41) is 3.31. The van der Waals surface area contributed by atoms with Crippen LogP contribution in [0.5, 0.6) is 0 Å². The van der Waals surface area contributed by atoms with E-state index in [1.807, 2.05) is 6.07 Å². The molecule has 0 unspecified atom stereocenters. The molecule has 15 heavy (non-hydrogen) atoms. The molecule has 1 aromatic carbocycles. The second kappa shape index (κ2) is 3.40. The van der Waals surface area contributed by atoms with Crippen LogP contribution in [-0.4, -0.2) is 19.1 Å². The van der Waals surface area contributed by atoms with Crippen molar-refractivity contribution in [3.05, 3.63) is 24.0 Å². The molecule has 1 aliphatic heterocycles. The summed E-state index contributed by atoms with van der Waals surface area (Å²) in [5.41, 5.74) is 2.13. The zero-order valence-electron chi connectivity index (χ0n) is 8.67. The van der Waals surface area contributed by atoms with Crippen LogP contribution in [-0.2, 0) is 0 Å². The standard InChI is InChI=1S/C12H15FN2/c13-9-4-5-11-12(8-9)15(7-6-14-11)10-2-1-3-10/h4-5,8,10,14H,1-3,6-7H2. The zero-order valence-corrected chi connectivity index (χ0v) is 8.67. The highest BCUT2D eigenvalue weighted by Gasteiger charge is 2.28. The molecule has 3 heteroatoms. The smallest absolute Gasteiger partial charge is 0.125 e. The van der Waals surface area contributed by atoms with E-state index in [0.717, 1.165) is 24.5 Å². The summed E-state index contributed by atoms with van der Waals surface area (Å²) in [6, 6.07) is 5.67. The van der Waals surface area contributed by atoms with Crippen molar-refractivity contribution in [1.29, 1.82) is 0 Å². The Morgan fingerprint density at radius 1 is 1.33 bits per heavy atom. The minimum Gasteiger partial charge on any atom is -0.382 e. The molecule has 3 rings (SSSR count). The Hall–Kier alpha value is -1.25. The van der Waals surface area contributed by atoms with Crippen LogP contribution < -0.4 is 10.2 Å². The van der Waals surface area contributed by atoms with Gasteiger partial charge in [0.15, 0.2) is 0 Å². The van der Waals surface area contributed by atoms with Crippen molar-refractivity contribution in [3.63, 3.8) is 0 Å². The average molecular weight is 206 g/mol. The van der Waals surface area contributed by atoms with E-state index in [9.17, 15) is 4.39 Å². The molecule has 0 amide bonds. The topological polar surface area (TPSA) is 15.3 Å². The van der Waals surface area contributed by atoms with Crippen molar-refractivity contribution in [2.75, 3.05) is 23.3 Å². The van der Waals surface area contributed by atoms with Crippen LogP contribution in [0.25, 0.3) is 0 Å². The van der Waals surface area contributed by atoms with E-state index < -0.39 is 0 Å². The Bertz CT molecular complexity index is 374. The van der Waals surface area contributed by atoms with Crippen molar-refractivity contribution in [1.82, 2.24) is 0 Å². The van der Waals surface area contributed by atoms with E-state index in [-0.39, 0.29) is 5.82 Å². The van der Waals surface area contributed by atoms with Crippen LogP contribution in [0.1, 0.15) is 19.3 Å². The minimum atomic E-state index is -0.137. The first kappa shape index (κ1) is 9.01. The third-order valence-electron chi connectivity index (χ3n) is 3.45. The molecule has 2 aliphatic rings. The number of anilines is 2. The van der Waals surface area contributed by atoms with Gasteiger partial charge in [0.05, 0.1) is 11.4 Å². The normalized spacial score (nSPS) is 20.5. The fourth-order valence-corrected chi connectivity index (χ4v) is 2.40. The molecule has 1 N–H and O–H groups in total. The number of benzene rings is 1. The number of fused-ring (bicyclic) bond motifs is 1. The molecular weight excluding hydrogens is 191 g/mol. The molecule has 1 heterocycles. The van der Waals surface area contributed by atoms with Gasteiger partial charge in [-0.15, -0.1) is 0 Å². The van der Waals surface area contributed by atoms with Gasteiger partial charge in [0.25, 0.3) is 0 Å². The molecule has 0 spiro atoms. The zero-order chi connectivity index (χ0) is 10.3. The second-order valence-corrected chi connectivity index (χ2v) is 4.37. The van der Waals surface area contributed by atoms with Crippen molar-refractivity contribution in [2.24, 2.45) is 0 Å². The fraction of sp³-hybridized carbons (Fsp3) is 0.500. The number of nitrogens with zero attached hydrogens (tertiary/aromatic N) is 1. The predicted molar refractivity (Wildman–Crippen MR) is 59.9 cm³/mol. The first-order valence-corrected chi connectivity index (χ1v) is 5.65. The van der Waals surface area contributed by atoms with Gasteiger partial charge in [-0.05, 0) is 37.5 Å². The highest BCUT2D eigenvalue weighted by atomic mass is 19.1. The van der Waals surface area contributed by atoms with E-state index in [0.29, 0.717) is 6.04 Å². The van der Waals surface area contributed by atoms with Crippen molar-refractivity contribution >= 4 is 11.4 Å². The van der Waals surface area contributed by atoms with Crippen LogP contribution in [0.15, 0.2) is 18.2 Å². The van der Waals surface area contributed by atoms with E-state index in [4.69, 9.17) is 0 Å². The molecule has 80 valence electrons. The van der Waals surface area contributed by atoms with Crippen LogP contribution in [0.2, 0.25) is 0 Å². The molecule has 0 bridgehead atoms. The lowest BCUT2D eigenvalue weighted by atomic mass is 9.90. The Morgan fingerprint density at radius 3 is 2.93 bits per heavy atom. The summed E-state index contributed by atoms with van der Waals surface area (Å²) in [4.78, 5) is 2.36. The van der Waals surface area contributed by atoms with Gasteiger partial charge in [0.2, 0.25) is 0 Å². The lowest BCUT2D eigenvalue weighted by Gasteiger charge is -2.42.